The van der Waals surface area contributed by atoms with Gasteiger partial charge in [0, 0.05) is 46.7 Å². The first-order chi connectivity index (χ1) is 23.0. The van der Waals surface area contributed by atoms with Crippen LogP contribution < -0.4 is 15.9 Å². The number of esters is 2. The second kappa shape index (κ2) is 13.9. The van der Waals surface area contributed by atoms with Crippen LogP contribution in [0.3, 0.4) is 0 Å². The van der Waals surface area contributed by atoms with Crippen LogP contribution >= 0.6 is 23.1 Å². The normalized spacial score (nSPS) is 24.6. The molecule has 2 fully saturated rings. The maximum atomic E-state index is 12.9. The molecule has 250 valence electrons. The van der Waals surface area contributed by atoms with E-state index in [-0.39, 0.29) is 54.3 Å². The van der Waals surface area contributed by atoms with Gasteiger partial charge in [0.15, 0.2) is 0 Å². The van der Waals surface area contributed by atoms with Gasteiger partial charge in [0.1, 0.15) is 18.8 Å². The number of amides is 1. The van der Waals surface area contributed by atoms with Crippen LogP contribution in [0.2, 0.25) is 5.02 Å². The molecule has 1 amide bonds. The zero-order valence-electron chi connectivity index (χ0n) is 26.2. The Hall–Kier alpha value is -4.52. The maximum absolute atomic E-state index is 12.9. The molecule has 3 heterocycles. The summed E-state index contributed by atoms with van der Waals surface area (Å²) < 4.78 is 19.4. The average molecular weight is 692 g/mol. The third kappa shape index (κ3) is 7.46. The molecule has 2 aliphatic heterocycles. The predicted octanol–water partition coefficient (Wildman–Crippen LogP) is 4.23. The summed E-state index contributed by atoms with van der Waals surface area (Å²) in [5.41, 5.74) is 2.68. The van der Waals surface area contributed by atoms with Gasteiger partial charge in [0.25, 0.3) is 0 Å². The van der Waals surface area contributed by atoms with Gasteiger partial charge in [-0.15, -0.1) is 0 Å². The summed E-state index contributed by atoms with van der Waals surface area (Å²) in [6.45, 7) is 6.32. The maximum Gasteiger partial charge on any atom is 0.346 e. The number of benzene rings is 2. The van der Waals surface area contributed by atoms with Gasteiger partial charge in [-0.25, -0.2) is 22.9 Å². The Balaban J connectivity index is 0.966. The number of ether oxygens (including phenoxy) is 3. The summed E-state index contributed by atoms with van der Waals surface area (Å²) >= 11 is 6.74. The van der Waals surface area contributed by atoms with Crippen LogP contribution in [-0.4, -0.2) is 50.8 Å². The minimum atomic E-state index is -0.648. The Kier molecular flexibility index (Phi) is 9.68. The largest absolute Gasteiger partial charge is 0.458 e. The van der Waals surface area contributed by atoms with Crippen molar-refractivity contribution in [2.24, 2.45) is 5.92 Å². The average Bonchev–Trinajstić information content (AvgIpc) is 3.56. The van der Waals surface area contributed by atoms with E-state index in [1.807, 2.05) is 6.92 Å². The molecule has 6 rings (SSSR count). The number of epoxide rings is 1. The van der Waals surface area contributed by atoms with Crippen LogP contribution in [0, 0.1) is 5.92 Å². The summed E-state index contributed by atoms with van der Waals surface area (Å²) in [6, 6.07) is 13.8. The number of nitrogens with one attached hydrogen (secondary N) is 1. The standard InChI is InChI=1S/C35H34ClN3O8S/c1-21-27-14-9-24(4-3-17-35(2)31(47-35)30(27)46-32(21)42)20-45-29(41)16-15-28(40)37-18-22-5-7-23(8-6-22)19-38-33(43)39(48-34(38)44)26-12-10-25(36)11-13-26/h4-8,10-13,15-16,27,30-31H,1,3,9,14,17-20H2,2H3,(H,37,40)/b16-15-,24-4+/t27-,30-,31-,35+/m0/s1. The number of allylic oxidation sites excluding steroid dienone is 1. The molecule has 1 aromatic heterocycles. The van der Waals surface area contributed by atoms with Gasteiger partial charge >= 0.3 is 22.5 Å². The lowest BCUT2D eigenvalue weighted by atomic mass is 9.84. The van der Waals surface area contributed by atoms with Gasteiger partial charge in [0.05, 0.1) is 17.8 Å². The van der Waals surface area contributed by atoms with Crippen LogP contribution in [0.15, 0.2) is 94.1 Å². The first-order valence-corrected chi connectivity index (χ1v) is 16.7. The topological polar surface area (TPSA) is 138 Å². The molecular formula is C35H34ClN3O8S. The lowest BCUT2D eigenvalue weighted by Gasteiger charge is -2.20. The summed E-state index contributed by atoms with van der Waals surface area (Å²) in [5.74, 6) is -1.64. The second-order valence-electron chi connectivity index (χ2n) is 12.3. The van der Waals surface area contributed by atoms with Gasteiger partial charge in [-0.1, -0.05) is 48.5 Å². The molecule has 48 heavy (non-hydrogen) atoms. The molecule has 0 unspecified atom stereocenters. The molecule has 2 aromatic carbocycles. The van der Waals surface area contributed by atoms with E-state index in [1.165, 1.54) is 3.96 Å². The zero-order valence-corrected chi connectivity index (χ0v) is 27.8. The fourth-order valence-corrected chi connectivity index (χ4v) is 6.95. The highest BCUT2D eigenvalue weighted by Gasteiger charge is 2.61. The molecule has 1 aliphatic carbocycles. The summed E-state index contributed by atoms with van der Waals surface area (Å²) in [4.78, 5) is 62.0. The van der Waals surface area contributed by atoms with Gasteiger partial charge < -0.3 is 19.5 Å². The van der Waals surface area contributed by atoms with Crippen LogP contribution in [-0.2, 0) is 41.7 Å². The molecule has 4 atom stereocenters. The first-order valence-electron chi connectivity index (χ1n) is 15.6. The molecule has 3 aromatic rings. The van der Waals surface area contributed by atoms with E-state index in [0.29, 0.717) is 29.1 Å². The third-order valence-electron chi connectivity index (χ3n) is 8.90. The van der Waals surface area contributed by atoms with Crippen molar-refractivity contribution in [3.05, 3.63) is 121 Å². The number of carbonyl (C=O) groups is 3. The van der Waals surface area contributed by atoms with Gasteiger partial charge in [-0.3, -0.25) is 9.59 Å². The van der Waals surface area contributed by atoms with Crippen molar-refractivity contribution in [1.29, 1.82) is 0 Å². The van der Waals surface area contributed by atoms with Crippen molar-refractivity contribution in [3.8, 4) is 5.69 Å². The van der Waals surface area contributed by atoms with Crippen LogP contribution in [0.1, 0.15) is 43.7 Å². The van der Waals surface area contributed by atoms with E-state index < -0.39 is 17.6 Å². The SMILES string of the molecule is C=C1C(=O)O[C@H]2[C@H]1CC/C(COC(=O)/C=C\C(=O)NCc1ccc(Cn3c(=O)sn(-c4ccc(Cl)cc4)c3=O)cc1)=C\CC[C@@]1(C)O[C@@H]21. The predicted molar refractivity (Wildman–Crippen MR) is 179 cm³/mol. The molecule has 1 N–H and O–H groups in total. The Labute approximate surface area is 285 Å². The van der Waals surface area contributed by atoms with Gasteiger partial charge in [-0.2, -0.15) is 0 Å². The number of hydrogen-bond donors (Lipinski definition) is 1. The minimum Gasteiger partial charge on any atom is -0.458 e. The number of rotatable bonds is 9. The summed E-state index contributed by atoms with van der Waals surface area (Å²) in [6.07, 6.45) is 6.53. The Bertz CT molecular complexity index is 1920. The first kappa shape index (κ1) is 33.4. The molecule has 2 saturated heterocycles. The van der Waals surface area contributed by atoms with Crippen LogP contribution in [0.5, 0.6) is 0 Å². The number of fused-ring (bicyclic) bond motifs is 3. The molecule has 13 heteroatoms. The van der Waals surface area contributed by atoms with E-state index in [0.717, 1.165) is 57.8 Å². The molecule has 0 spiro atoms. The fraction of sp³-hybridized carbons (Fsp3) is 0.343. The Morgan fingerprint density at radius 1 is 1.10 bits per heavy atom. The lowest BCUT2D eigenvalue weighted by Crippen LogP contribution is -2.29. The molecule has 3 aliphatic rings. The van der Waals surface area contributed by atoms with Crippen molar-refractivity contribution < 1.29 is 28.6 Å². The molecular weight excluding hydrogens is 658 g/mol. The molecule has 0 bridgehead atoms. The van der Waals surface area contributed by atoms with Gasteiger partial charge in [-0.05, 0) is 73.6 Å². The Morgan fingerprint density at radius 3 is 2.58 bits per heavy atom. The number of nitrogens with zero attached hydrogens (tertiary/aromatic N) is 2. The van der Waals surface area contributed by atoms with E-state index in [4.69, 9.17) is 25.8 Å². The van der Waals surface area contributed by atoms with Crippen LogP contribution in [0.25, 0.3) is 5.69 Å². The zero-order chi connectivity index (χ0) is 34.0. The molecule has 11 nitrogen and oxygen atoms in total. The van der Waals surface area contributed by atoms with Crippen molar-refractivity contribution in [2.75, 3.05) is 6.61 Å². The van der Waals surface area contributed by atoms with E-state index in [1.54, 1.807) is 48.5 Å². The Morgan fingerprint density at radius 2 is 1.83 bits per heavy atom. The van der Waals surface area contributed by atoms with Crippen molar-refractivity contribution in [1.82, 2.24) is 13.8 Å². The third-order valence-corrected chi connectivity index (χ3v) is 10.1. The number of hydrogen-bond acceptors (Lipinski definition) is 9. The lowest BCUT2D eigenvalue weighted by molar-refractivity contribution is -0.140. The second-order valence-corrected chi connectivity index (χ2v) is 13.6. The highest BCUT2D eigenvalue weighted by atomic mass is 35.5. The minimum absolute atomic E-state index is 0.0727. The van der Waals surface area contributed by atoms with E-state index in [9.17, 15) is 24.0 Å². The number of halogens is 1. The van der Waals surface area contributed by atoms with Crippen molar-refractivity contribution >= 4 is 41.0 Å². The van der Waals surface area contributed by atoms with Crippen LogP contribution in [0.4, 0.5) is 0 Å². The molecule has 0 radical (unpaired) electrons. The highest BCUT2D eigenvalue weighted by molar-refractivity contribution is 7.03. The van der Waals surface area contributed by atoms with E-state index in [2.05, 4.69) is 18.0 Å². The van der Waals surface area contributed by atoms with Crippen molar-refractivity contribution in [3.63, 3.8) is 0 Å². The summed E-state index contributed by atoms with van der Waals surface area (Å²) in [7, 11) is 0. The van der Waals surface area contributed by atoms with Crippen molar-refractivity contribution in [2.45, 2.75) is 63.5 Å². The fourth-order valence-electron chi connectivity index (χ4n) is 6.03. The summed E-state index contributed by atoms with van der Waals surface area (Å²) in [5, 5.41) is 3.25. The highest BCUT2D eigenvalue weighted by Crippen LogP contribution is 2.49. The van der Waals surface area contributed by atoms with Gasteiger partial charge in [0.2, 0.25) is 5.91 Å². The number of carbonyl (C=O) groups excluding carboxylic acids is 3. The smallest absolute Gasteiger partial charge is 0.346 e. The quantitative estimate of drug-likeness (QED) is 0.152. The van der Waals surface area contributed by atoms with E-state index >= 15 is 0 Å². The monoisotopic (exact) mass is 691 g/mol. The molecule has 0 saturated carbocycles. The number of aromatic nitrogens is 2.